The Labute approximate surface area is 135 Å². The van der Waals surface area contributed by atoms with Crippen molar-refractivity contribution in [2.75, 3.05) is 5.32 Å². The van der Waals surface area contributed by atoms with Crippen LogP contribution in [0, 0.1) is 12.8 Å². The molecule has 120 valence electrons. The maximum Gasteiger partial charge on any atom is 0.295 e. The molecule has 0 spiro atoms. The molecule has 1 heterocycles. The number of carbonyl (C=O) groups excluding carboxylic acids is 1. The molecule has 0 unspecified atom stereocenters. The first-order chi connectivity index (χ1) is 11.0. The molecule has 5 nitrogen and oxygen atoms in total. The number of nitrogens with one attached hydrogen (secondary N) is 1. The summed E-state index contributed by atoms with van der Waals surface area (Å²) in [5, 5.41) is 2.75. The molecule has 0 aliphatic heterocycles. The Morgan fingerprint density at radius 3 is 2.52 bits per heavy atom. The molecule has 1 aliphatic carbocycles. The van der Waals surface area contributed by atoms with E-state index < -0.39 is 0 Å². The number of amides is 1. The topological polar surface area (TPSA) is 56.0 Å². The maximum atomic E-state index is 12.7. The number of anilines is 1. The first-order valence-electron chi connectivity index (χ1n) is 7.82. The molecule has 0 atom stereocenters. The Morgan fingerprint density at radius 2 is 1.91 bits per heavy atom. The Balaban J connectivity index is 1.93. The van der Waals surface area contributed by atoms with Crippen LogP contribution in [0.25, 0.3) is 5.69 Å². The Hall–Kier alpha value is -2.56. The lowest BCUT2D eigenvalue weighted by molar-refractivity contribution is -0.112. The fraction of sp³-hybridized carbons (Fsp3) is 0.333. The smallest absolute Gasteiger partial charge is 0.295 e. The molecule has 1 saturated carbocycles. The molecule has 1 aliphatic rings. The lowest BCUT2D eigenvalue weighted by atomic mass is 10.2. The van der Waals surface area contributed by atoms with E-state index in [1.807, 2.05) is 51.2 Å². The van der Waals surface area contributed by atoms with Gasteiger partial charge in [-0.3, -0.25) is 14.3 Å². The summed E-state index contributed by atoms with van der Waals surface area (Å²) >= 11 is 0. The van der Waals surface area contributed by atoms with Crippen molar-refractivity contribution in [1.82, 2.24) is 9.36 Å². The zero-order valence-electron chi connectivity index (χ0n) is 13.7. The third kappa shape index (κ3) is 2.99. The van der Waals surface area contributed by atoms with Crippen LogP contribution in [0.15, 0.2) is 46.8 Å². The van der Waals surface area contributed by atoms with E-state index in [0.29, 0.717) is 11.6 Å². The molecule has 1 N–H and O–H groups in total. The van der Waals surface area contributed by atoms with Crippen LogP contribution in [0.5, 0.6) is 0 Å². The molecule has 1 amide bonds. The summed E-state index contributed by atoms with van der Waals surface area (Å²) in [4.78, 5) is 24.9. The van der Waals surface area contributed by atoms with Gasteiger partial charge in [0.15, 0.2) is 0 Å². The van der Waals surface area contributed by atoms with E-state index in [9.17, 15) is 9.59 Å². The molecule has 1 fully saturated rings. The van der Waals surface area contributed by atoms with Gasteiger partial charge in [0.25, 0.3) is 5.56 Å². The third-order valence-corrected chi connectivity index (χ3v) is 4.38. The quantitative estimate of drug-likeness (QED) is 0.883. The molecule has 1 aromatic heterocycles. The zero-order valence-corrected chi connectivity index (χ0v) is 13.7. The number of carbonyl (C=O) groups is 1. The number of benzene rings is 1. The van der Waals surface area contributed by atoms with Crippen molar-refractivity contribution in [3.8, 4) is 5.69 Å². The molecule has 2 aromatic rings. The van der Waals surface area contributed by atoms with E-state index >= 15 is 0 Å². The van der Waals surface area contributed by atoms with Crippen molar-refractivity contribution in [2.45, 2.75) is 26.7 Å². The summed E-state index contributed by atoms with van der Waals surface area (Å²) in [6.07, 6.45) is 3.91. The van der Waals surface area contributed by atoms with Gasteiger partial charge in [0, 0.05) is 13.1 Å². The number of hydrogen-bond donors (Lipinski definition) is 1. The van der Waals surface area contributed by atoms with Crippen LogP contribution in [0.2, 0.25) is 0 Å². The minimum absolute atomic E-state index is 0.220. The van der Waals surface area contributed by atoms with Crippen LogP contribution < -0.4 is 10.9 Å². The molecule has 0 radical (unpaired) electrons. The summed E-state index contributed by atoms with van der Waals surface area (Å²) in [5.74, 6) is 0.305. The number of rotatable bonds is 4. The monoisotopic (exact) mass is 311 g/mol. The number of hydrogen-bond acceptors (Lipinski definition) is 2. The molecule has 5 heteroatoms. The first kappa shape index (κ1) is 15.3. The van der Waals surface area contributed by atoms with Crippen LogP contribution >= 0.6 is 0 Å². The standard InChI is InChI=1S/C18H21N3O2/c1-12(14-9-10-14)11-16(22)19-17-13(2)20(3)21(18(17)23)15-7-5-4-6-8-15/h4-8,11,14H,9-10H2,1-3H3,(H,19,22). The highest BCUT2D eigenvalue weighted by Crippen LogP contribution is 2.35. The second kappa shape index (κ2) is 5.91. The van der Waals surface area contributed by atoms with E-state index in [4.69, 9.17) is 0 Å². The molecule has 0 bridgehead atoms. The van der Waals surface area contributed by atoms with Gasteiger partial charge in [-0.2, -0.15) is 0 Å². The normalized spacial score (nSPS) is 14.8. The Bertz CT molecular complexity index is 824. The van der Waals surface area contributed by atoms with Crippen LogP contribution in [-0.4, -0.2) is 15.3 Å². The summed E-state index contributed by atoms with van der Waals surface area (Å²) in [6, 6.07) is 9.39. The highest BCUT2D eigenvalue weighted by Gasteiger charge is 2.24. The highest BCUT2D eigenvalue weighted by molar-refractivity contribution is 6.00. The van der Waals surface area contributed by atoms with E-state index in [1.54, 1.807) is 15.4 Å². The van der Waals surface area contributed by atoms with Crippen molar-refractivity contribution >= 4 is 11.6 Å². The largest absolute Gasteiger partial charge is 0.316 e. The molecule has 0 saturated heterocycles. The maximum absolute atomic E-state index is 12.7. The lowest BCUT2D eigenvalue weighted by Crippen LogP contribution is -2.22. The summed E-state index contributed by atoms with van der Waals surface area (Å²) < 4.78 is 3.31. The predicted molar refractivity (Wildman–Crippen MR) is 90.9 cm³/mol. The number of nitrogens with zero attached hydrogens (tertiary/aromatic N) is 2. The minimum Gasteiger partial charge on any atom is -0.316 e. The second-order valence-corrected chi connectivity index (χ2v) is 6.09. The second-order valence-electron chi connectivity index (χ2n) is 6.09. The van der Waals surface area contributed by atoms with Gasteiger partial charge in [-0.15, -0.1) is 0 Å². The summed E-state index contributed by atoms with van der Waals surface area (Å²) in [6.45, 7) is 3.80. The predicted octanol–water partition coefficient (Wildman–Crippen LogP) is 2.78. The fourth-order valence-corrected chi connectivity index (χ4v) is 2.73. The van der Waals surface area contributed by atoms with Gasteiger partial charge in [-0.25, -0.2) is 4.68 Å². The Kier molecular flexibility index (Phi) is 3.94. The third-order valence-electron chi connectivity index (χ3n) is 4.38. The van der Waals surface area contributed by atoms with Crippen molar-refractivity contribution < 1.29 is 4.79 Å². The SMILES string of the molecule is CC(=CC(=O)Nc1c(C)n(C)n(-c2ccccc2)c1=O)C1CC1. The molecular formula is C18H21N3O2. The van der Waals surface area contributed by atoms with Gasteiger partial charge in [0.1, 0.15) is 5.69 Å². The molecule has 3 rings (SSSR count). The van der Waals surface area contributed by atoms with E-state index in [2.05, 4.69) is 5.32 Å². The molecular weight excluding hydrogens is 290 g/mol. The average molecular weight is 311 g/mol. The fourth-order valence-electron chi connectivity index (χ4n) is 2.73. The van der Waals surface area contributed by atoms with Crippen LogP contribution in [0.1, 0.15) is 25.5 Å². The number of para-hydroxylation sites is 1. The van der Waals surface area contributed by atoms with Crippen LogP contribution in [-0.2, 0) is 11.8 Å². The highest BCUT2D eigenvalue weighted by atomic mass is 16.2. The van der Waals surface area contributed by atoms with Gasteiger partial charge in [0.2, 0.25) is 5.91 Å². The van der Waals surface area contributed by atoms with Crippen molar-refractivity contribution in [2.24, 2.45) is 13.0 Å². The zero-order chi connectivity index (χ0) is 16.6. The van der Waals surface area contributed by atoms with E-state index in [-0.39, 0.29) is 11.5 Å². The van der Waals surface area contributed by atoms with Gasteiger partial charge in [-0.1, -0.05) is 23.8 Å². The number of aromatic nitrogens is 2. The van der Waals surface area contributed by atoms with Gasteiger partial charge >= 0.3 is 0 Å². The minimum atomic E-state index is -0.236. The number of allylic oxidation sites excluding steroid dienone is 1. The summed E-state index contributed by atoms with van der Waals surface area (Å²) in [5.41, 5.74) is 2.70. The van der Waals surface area contributed by atoms with Crippen molar-refractivity contribution in [3.63, 3.8) is 0 Å². The average Bonchev–Trinajstić information content (AvgIpc) is 3.35. The van der Waals surface area contributed by atoms with Crippen LogP contribution in [0.4, 0.5) is 5.69 Å². The van der Waals surface area contributed by atoms with E-state index in [0.717, 1.165) is 29.8 Å². The van der Waals surface area contributed by atoms with Crippen LogP contribution in [0.3, 0.4) is 0 Å². The van der Waals surface area contributed by atoms with Gasteiger partial charge in [-0.05, 0) is 44.7 Å². The lowest BCUT2D eigenvalue weighted by Gasteiger charge is -2.07. The van der Waals surface area contributed by atoms with Crippen molar-refractivity contribution in [3.05, 3.63) is 58.0 Å². The molecule has 23 heavy (non-hydrogen) atoms. The van der Waals surface area contributed by atoms with Gasteiger partial charge in [0.05, 0.1) is 11.4 Å². The first-order valence-corrected chi connectivity index (χ1v) is 7.82. The molecule has 1 aromatic carbocycles. The van der Waals surface area contributed by atoms with Gasteiger partial charge < -0.3 is 5.32 Å². The summed E-state index contributed by atoms with van der Waals surface area (Å²) in [7, 11) is 1.81. The Morgan fingerprint density at radius 1 is 1.26 bits per heavy atom. The van der Waals surface area contributed by atoms with E-state index in [1.165, 1.54) is 0 Å². The van der Waals surface area contributed by atoms with Crippen molar-refractivity contribution in [1.29, 1.82) is 0 Å².